The molecule has 0 bridgehead atoms. The zero-order valence-electron chi connectivity index (χ0n) is 15.3. The van der Waals surface area contributed by atoms with Crippen molar-refractivity contribution in [1.82, 2.24) is 19.7 Å². The number of hydrogen-bond donors (Lipinski definition) is 0. The van der Waals surface area contributed by atoms with Crippen molar-refractivity contribution in [3.05, 3.63) is 41.7 Å². The van der Waals surface area contributed by atoms with Gasteiger partial charge < -0.3 is 9.64 Å². The molecular formula is C19H25FN4O2. The topological polar surface area (TPSA) is 60.3 Å². The second-order valence-corrected chi connectivity index (χ2v) is 6.53. The highest BCUT2D eigenvalue weighted by atomic mass is 19.1. The molecule has 1 aromatic carbocycles. The average Bonchev–Trinajstić information content (AvgIpc) is 3.27. The monoisotopic (exact) mass is 360 g/mol. The number of likely N-dealkylation sites (tertiary alicyclic amines) is 1. The fourth-order valence-electron chi connectivity index (χ4n) is 3.22. The van der Waals surface area contributed by atoms with E-state index in [0.29, 0.717) is 50.2 Å². The number of ether oxygens (including phenoxy) is 1. The summed E-state index contributed by atoms with van der Waals surface area (Å²) in [4.78, 5) is 19.0. The average molecular weight is 360 g/mol. The van der Waals surface area contributed by atoms with Gasteiger partial charge in [0.25, 0.3) is 5.91 Å². The van der Waals surface area contributed by atoms with Crippen molar-refractivity contribution < 1.29 is 13.9 Å². The van der Waals surface area contributed by atoms with Gasteiger partial charge in [-0.2, -0.15) is 0 Å². The molecule has 6 nitrogen and oxygen atoms in total. The number of nitrogens with zero attached hydrogens (tertiary/aromatic N) is 4. The van der Waals surface area contributed by atoms with Crippen LogP contribution in [0.3, 0.4) is 0 Å². The smallest absolute Gasteiger partial charge is 0.293 e. The van der Waals surface area contributed by atoms with E-state index >= 15 is 0 Å². The molecular weight excluding hydrogens is 335 g/mol. The molecule has 0 aliphatic carbocycles. The Bertz CT molecular complexity index is 762. The predicted octanol–water partition coefficient (Wildman–Crippen LogP) is 2.86. The van der Waals surface area contributed by atoms with Crippen molar-refractivity contribution in [2.45, 2.75) is 33.1 Å². The van der Waals surface area contributed by atoms with Gasteiger partial charge in [0, 0.05) is 32.0 Å². The molecule has 0 unspecified atom stereocenters. The van der Waals surface area contributed by atoms with Crippen molar-refractivity contribution >= 4 is 5.91 Å². The lowest BCUT2D eigenvalue weighted by Gasteiger charge is -2.14. The summed E-state index contributed by atoms with van der Waals surface area (Å²) in [5.41, 5.74) is 0.318. The Kier molecular flexibility index (Phi) is 5.98. The summed E-state index contributed by atoms with van der Waals surface area (Å²) in [6.07, 6.45) is 2.38. The number of halogens is 1. The van der Waals surface area contributed by atoms with Gasteiger partial charge in [-0.1, -0.05) is 19.1 Å². The normalized spacial score (nSPS) is 17.0. The summed E-state index contributed by atoms with van der Waals surface area (Å²) < 4.78 is 21.1. The van der Waals surface area contributed by atoms with Crippen LogP contribution in [0.25, 0.3) is 5.69 Å². The molecule has 2 aromatic rings. The number of aromatic nitrogens is 3. The van der Waals surface area contributed by atoms with Crippen LogP contribution in [-0.2, 0) is 11.2 Å². The van der Waals surface area contributed by atoms with Gasteiger partial charge in [-0.25, -0.2) is 14.1 Å². The number of amides is 1. The van der Waals surface area contributed by atoms with Gasteiger partial charge in [-0.3, -0.25) is 4.79 Å². The lowest BCUT2D eigenvalue weighted by atomic mass is 10.1. The molecule has 2 heterocycles. The van der Waals surface area contributed by atoms with Crippen molar-refractivity contribution in [2.75, 3.05) is 26.3 Å². The zero-order chi connectivity index (χ0) is 18.5. The van der Waals surface area contributed by atoms with Gasteiger partial charge in [0.1, 0.15) is 17.3 Å². The van der Waals surface area contributed by atoms with Crippen molar-refractivity contribution in [2.24, 2.45) is 5.92 Å². The van der Waals surface area contributed by atoms with E-state index in [-0.39, 0.29) is 17.5 Å². The van der Waals surface area contributed by atoms with E-state index < -0.39 is 0 Å². The molecule has 1 aromatic heterocycles. The van der Waals surface area contributed by atoms with Crippen LogP contribution < -0.4 is 0 Å². The van der Waals surface area contributed by atoms with Crippen LogP contribution in [0.5, 0.6) is 0 Å². The van der Waals surface area contributed by atoms with Crippen LogP contribution in [0.1, 0.15) is 43.1 Å². The fraction of sp³-hybridized carbons (Fsp3) is 0.526. The Morgan fingerprint density at radius 2 is 2.15 bits per heavy atom. The molecule has 3 rings (SSSR count). The quantitative estimate of drug-likeness (QED) is 0.762. The Balaban J connectivity index is 1.81. The van der Waals surface area contributed by atoms with Crippen molar-refractivity contribution in [3.63, 3.8) is 0 Å². The fourth-order valence-corrected chi connectivity index (χ4v) is 3.22. The van der Waals surface area contributed by atoms with E-state index in [9.17, 15) is 9.18 Å². The van der Waals surface area contributed by atoms with Crippen LogP contribution in [-0.4, -0.2) is 51.9 Å². The molecule has 1 amide bonds. The van der Waals surface area contributed by atoms with E-state index in [1.54, 1.807) is 23.1 Å². The van der Waals surface area contributed by atoms with Gasteiger partial charge >= 0.3 is 0 Å². The second-order valence-electron chi connectivity index (χ2n) is 6.53. The highest BCUT2D eigenvalue weighted by Gasteiger charge is 2.30. The zero-order valence-corrected chi connectivity index (χ0v) is 15.3. The predicted molar refractivity (Wildman–Crippen MR) is 95.8 cm³/mol. The maximum absolute atomic E-state index is 14.2. The summed E-state index contributed by atoms with van der Waals surface area (Å²) in [5.74, 6) is 0.505. The minimum absolute atomic E-state index is 0.133. The number of carbonyl (C=O) groups excluding carboxylic acids is 1. The second kappa shape index (κ2) is 8.40. The van der Waals surface area contributed by atoms with E-state index in [1.165, 1.54) is 10.7 Å². The molecule has 7 heteroatoms. The maximum Gasteiger partial charge on any atom is 0.293 e. The van der Waals surface area contributed by atoms with Crippen LogP contribution in [0, 0.1) is 11.7 Å². The summed E-state index contributed by atoms with van der Waals surface area (Å²) in [7, 11) is 0. The molecule has 1 aliphatic rings. The number of para-hydroxylation sites is 1. The summed E-state index contributed by atoms with van der Waals surface area (Å²) in [6, 6.07) is 6.40. The van der Waals surface area contributed by atoms with E-state index in [4.69, 9.17) is 4.74 Å². The number of benzene rings is 1. The Labute approximate surface area is 153 Å². The maximum atomic E-state index is 14.2. The van der Waals surface area contributed by atoms with Crippen molar-refractivity contribution in [3.8, 4) is 5.69 Å². The number of aryl methyl sites for hydroxylation is 1. The van der Waals surface area contributed by atoms with Gasteiger partial charge in [0.2, 0.25) is 5.82 Å². The molecule has 26 heavy (non-hydrogen) atoms. The van der Waals surface area contributed by atoms with Crippen molar-refractivity contribution in [1.29, 1.82) is 0 Å². The molecule has 0 saturated carbocycles. The van der Waals surface area contributed by atoms with E-state index in [0.717, 1.165) is 12.8 Å². The first-order chi connectivity index (χ1) is 12.6. The van der Waals surface area contributed by atoms with E-state index in [2.05, 4.69) is 10.1 Å². The molecule has 1 atom stereocenters. The highest BCUT2D eigenvalue weighted by molar-refractivity contribution is 5.90. The van der Waals surface area contributed by atoms with Crippen LogP contribution in [0.2, 0.25) is 0 Å². The SMILES string of the molecule is CCCc1nc(C(=O)N2CC[C@@H](COCC)C2)nn1-c1ccccc1F. The van der Waals surface area contributed by atoms with Gasteiger partial charge in [0.15, 0.2) is 0 Å². The van der Waals surface area contributed by atoms with Crippen LogP contribution in [0.15, 0.2) is 24.3 Å². The molecule has 1 aliphatic heterocycles. The highest BCUT2D eigenvalue weighted by Crippen LogP contribution is 2.20. The Morgan fingerprint density at radius 1 is 1.35 bits per heavy atom. The van der Waals surface area contributed by atoms with Gasteiger partial charge in [-0.15, -0.1) is 5.10 Å². The number of hydrogen-bond acceptors (Lipinski definition) is 4. The molecule has 0 spiro atoms. The third-order valence-corrected chi connectivity index (χ3v) is 4.55. The third kappa shape index (κ3) is 3.93. The standard InChI is InChI=1S/C19H25FN4O2/c1-3-7-17-21-18(22-24(17)16-9-6-5-8-15(16)20)19(25)23-11-10-14(12-23)13-26-4-2/h5-6,8-9,14H,3-4,7,10-13H2,1-2H3/t14-/m1/s1. The summed E-state index contributed by atoms with van der Waals surface area (Å²) in [5, 5.41) is 4.33. The van der Waals surface area contributed by atoms with E-state index in [1.807, 2.05) is 13.8 Å². The van der Waals surface area contributed by atoms with Crippen LogP contribution >= 0.6 is 0 Å². The molecule has 0 radical (unpaired) electrons. The molecule has 140 valence electrons. The van der Waals surface area contributed by atoms with Gasteiger partial charge in [0.05, 0.1) is 6.61 Å². The Hall–Kier alpha value is -2.28. The summed E-state index contributed by atoms with van der Waals surface area (Å²) >= 11 is 0. The lowest BCUT2D eigenvalue weighted by Crippen LogP contribution is -2.30. The number of rotatable bonds is 7. The Morgan fingerprint density at radius 3 is 2.88 bits per heavy atom. The first kappa shape index (κ1) is 18.5. The lowest BCUT2D eigenvalue weighted by molar-refractivity contribution is 0.0751. The first-order valence-electron chi connectivity index (χ1n) is 9.21. The van der Waals surface area contributed by atoms with Crippen LogP contribution in [0.4, 0.5) is 4.39 Å². The van der Waals surface area contributed by atoms with Gasteiger partial charge in [-0.05, 0) is 31.9 Å². The largest absolute Gasteiger partial charge is 0.381 e. The minimum Gasteiger partial charge on any atom is -0.381 e. The third-order valence-electron chi connectivity index (χ3n) is 4.55. The first-order valence-corrected chi connectivity index (χ1v) is 9.21. The number of carbonyl (C=O) groups is 1. The minimum atomic E-state index is -0.383. The molecule has 1 fully saturated rings. The molecule has 1 saturated heterocycles. The summed E-state index contributed by atoms with van der Waals surface area (Å²) in [6.45, 7) is 6.65. The molecule has 0 N–H and O–H groups in total.